The number of aromatic nitrogens is 2. The Balaban J connectivity index is 1.49. The van der Waals surface area contributed by atoms with E-state index in [0.29, 0.717) is 5.92 Å². The second-order valence-corrected chi connectivity index (χ2v) is 10.2. The van der Waals surface area contributed by atoms with Gasteiger partial charge in [0, 0.05) is 23.4 Å². The van der Waals surface area contributed by atoms with E-state index in [2.05, 4.69) is 51.2 Å². The lowest BCUT2D eigenvalue weighted by molar-refractivity contribution is 0.297. The molecule has 1 aliphatic rings. The van der Waals surface area contributed by atoms with E-state index in [4.69, 9.17) is 9.97 Å². The van der Waals surface area contributed by atoms with Gasteiger partial charge in [-0.15, -0.1) is 0 Å². The average molecular weight is 435 g/mol. The molecule has 1 heterocycles. The van der Waals surface area contributed by atoms with E-state index >= 15 is 0 Å². The van der Waals surface area contributed by atoms with Gasteiger partial charge in [-0.3, -0.25) is 0 Å². The second kappa shape index (κ2) is 13.8. The molecule has 3 rings (SSSR count). The van der Waals surface area contributed by atoms with Crippen LogP contribution < -0.4 is 0 Å². The maximum absolute atomic E-state index is 4.97. The number of unbranched alkanes of at least 4 members (excludes halogenated alkanes) is 7. The molecule has 0 spiro atoms. The minimum absolute atomic E-state index is 0.560. The van der Waals surface area contributed by atoms with E-state index in [-0.39, 0.29) is 0 Å². The summed E-state index contributed by atoms with van der Waals surface area (Å²) < 4.78 is 0. The van der Waals surface area contributed by atoms with Gasteiger partial charge >= 0.3 is 0 Å². The van der Waals surface area contributed by atoms with Gasteiger partial charge < -0.3 is 0 Å². The van der Waals surface area contributed by atoms with Crippen molar-refractivity contribution in [3.8, 4) is 11.1 Å². The Labute approximate surface area is 197 Å². The summed E-state index contributed by atoms with van der Waals surface area (Å²) in [6.07, 6.45) is 22.2. The fourth-order valence-electron chi connectivity index (χ4n) is 5.32. The van der Waals surface area contributed by atoms with Crippen LogP contribution in [0, 0.1) is 12.8 Å². The molecule has 2 heteroatoms. The standard InChI is InChI=1S/C30H46N2/c1-4-6-8-9-10-12-14-26-15-19-27(20-16-26)29-23-31-30(32-24(29)3)28-21-17-25(18-22-28)13-11-7-5-2/h15-16,19-20,23,25,28H,4-14,17-18,21-22H2,1-3H3. The van der Waals surface area contributed by atoms with Gasteiger partial charge in [0.2, 0.25) is 0 Å². The summed E-state index contributed by atoms with van der Waals surface area (Å²) in [5.41, 5.74) is 5.02. The average Bonchev–Trinajstić information content (AvgIpc) is 2.82. The second-order valence-electron chi connectivity index (χ2n) is 10.2. The molecule has 176 valence electrons. The van der Waals surface area contributed by atoms with Crippen molar-refractivity contribution in [1.82, 2.24) is 9.97 Å². The summed E-state index contributed by atoms with van der Waals surface area (Å²) >= 11 is 0. The molecule has 0 saturated heterocycles. The summed E-state index contributed by atoms with van der Waals surface area (Å²) in [6.45, 7) is 6.73. The number of hydrogen-bond donors (Lipinski definition) is 0. The molecule has 1 fully saturated rings. The molecule has 0 unspecified atom stereocenters. The fraction of sp³-hybridized carbons (Fsp3) is 0.667. The first kappa shape index (κ1) is 24.9. The normalized spacial score (nSPS) is 18.7. The highest BCUT2D eigenvalue weighted by Gasteiger charge is 2.24. The number of nitrogens with zero attached hydrogens (tertiary/aromatic N) is 2. The molecule has 1 aromatic heterocycles. The summed E-state index contributed by atoms with van der Waals surface area (Å²) in [5.74, 6) is 2.58. The van der Waals surface area contributed by atoms with Crippen molar-refractivity contribution in [2.24, 2.45) is 5.92 Å². The van der Waals surface area contributed by atoms with Crippen LogP contribution in [-0.4, -0.2) is 9.97 Å². The van der Waals surface area contributed by atoms with Crippen molar-refractivity contribution >= 4 is 0 Å². The van der Waals surface area contributed by atoms with Crippen LogP contribution in [0.15, 0.2) is 30.5 Å². The predicted molar refractivity (Wildman–Crippen MR) is 138 cm³/mol. The number of benzene rings is 1. The zero-order chi connectivity index (χ0) is 22.6. The topological polar surface area (TPSA) is 25.8 Å². The SMILES string of the molecule is CCCCCCCCc1ccc(-c2cnc(C3CCC(CCCCC)CC3)nc2C)cc1. The summed E-state index contributed by atoms with van der Waals surface area (Å²) in [7, 11) is 0. The third-order valence-electron chi connectivity index (χ3n) is 7.51. The van der Waals surface area contributed by atoms with Crippen molar-refractivity contribution in [3.05, 3.63) is 47.5 Å². The fourth-order valence-corrected chi connectivity index (χ4v) is 5.32. The quantitative estimate of drug-likeness (QED) is 0.294. The first-order chi connectivity index (χ1) is 15.7. The van der Waals surface area contributed by atoms with Gasteiger partial charge in [0.25, 0.3) is 0 Å². The first-order valence-electron chi connectivity index (χ1n) is 13.6. The molecule has 0 N–H and O–H groups in total. The molecule has 1 aliphatic carbocycles. The Morgan fingerprint density at radius 1 is 0.781 bits per heavy atom. The molecular weight excluding hydrogens is 388 g/mol. The number of aryl methyl sites for hydroxylation is 2. The lowest BCUT2D eigenvalue weighted by Gasteiger charge is -2.28. The lowest BCUT2D eigenvalue weighted by Crippen LogP contribution is -2.16. The van der Waals surface area contributed by atoms with Crippen LogP contribution in [-0.2, 0) is 6.42 Å². The van der Waals surface area contributed by atoms with Crippen LogP contribution in [0.5, 0.6) is 0 Å². The molecule has 32 heavy (non-hydrogen) atoms. The van der Waals surface area contributed by atoms with Crippen LogP contribution >= 0.6 is 0 Å². The van der Waals surface area contributed by atoms with Crippen LogP contribution in [0.3, 0.4) is 0 Å². The number of hydrogen-bond acceptors (Lipinski definition) is 2. The minimum atomic E-state index is 0.560. The largest absolute Gasteiger partial charge is 0.240 e. The molecule has 2 aromatic rings. The predicted octanol–water partition coefficient (Wildman–Crippen LogP) is 9.21. The highest BCUT2D eigenvalue weighted by molar-refractivity contribution is 5.65. The van der Waals surface area contributed by atoms with Gasteiger partial charge in [0.05, 0.1) is 0 Å². The molecule has 0 radical (unpaired) electrons. The smallest absolute Gasteiger partial charge is 0.131 e. The Morgan fingerprint density at radius 2 is 1.44 bits per heavy atom. The van der Waals surface area contributed by atoms with E-state index in [1.165, 1.54) is 113 Å². The van der Waals surface area contributed by atoms with E-state index < -0.39 is 0 Å². The molecule has 1 aromatic carbocycles. The molecule has 1 saturated carbocycles. The van der Waals surface area contributed by atoms with Crippen molar-refractivity contribution in [1.29, 1.82) is 0 Å². The third kappa shape index (κ3) is 7.71. The van der Waals surface area contributed by atoms with Gasteiger partial charge in [0.15, 0.2) is 0 Å². The maximum Gasteiger partial charge on any atom is 0.131 e. The minimum Gasteiger partial charge on any atom is -0.240 e. The van der Waals surface area contributed by atoms with Crippen LogP contribution in [0.2, 0.25) is 0 Å². The molecular formula is C30H46N2. The Morgan fingerprint density at radius 3 is 2.12 bits per heavy atom. The van der Waals surface area contributed by atoms with Crippen LogP contribution in [0.25, 0.3) is 11.1 Å². The molecule has 0 atom stereocenters. The third-order valence-corrected chi connectivity index (χ3v) is 7.51. The van der Waals surface area contributed by atoms with Crippen LogP contribution in [0.4, 0.5) is 0 Å². The van der Waals surface area contributed by atoms with Crippen molar-refractivity contribution in [2.45, 2.75) is 123 Å². The van der Waals surface area contributed by atoms with E-state index in [1.807, 2.05) is 0 Å². The van der Waals surface area contributed by atoms with Gasteiger partial charge in [-0.2, -0.15) is 0 Å². The van der Waals surface area contributed by atoms with Crippen molar-refractivity contribution < 1.29 is 0 Å². The molecule has 2 nitrogen and oxygen atoms in total. The number of rotatable bonds is 13. The summed E-state index contributed by atoms with van der Waals surface area (Å²) in [4.78, 5) is 9.81. The van der Waals surface area contributed by atoms with Gasteiger partial charge in [-0.05, 0) is 62.5 Å². The van der Waals surface area contributed by atoms with Crippen LogP contribution in [0.1, 0.15) is 127 Å². The zero-order valence-corrected chi connectivity index (χ0v) is 21.0. The molecule has 0 aliphatic heterocycles. The van der Waals surface area contributed by atoms with Crippen molar-refractivity contribution in [2.75, 3.05) is 0 Å². The first-order valence-corrected chi connectivity index (χ1v) is 13.6. The van der Waals surface area contributed by atoms with Gasteiger partial charge in [0.1, 0.15) is 5.82 Å². The zero-order valence-electron chi connectivity index (χ0n) is 21.0. The Kier molecular flexibility index (Phi) is 10.7. The highest BCUT2D eigenvalue weighted by Crippen LogP contribution is 2.37. The summed E-state index contributed by atoms with van der Waals surface area (Å²) in [6, 6.07) is 9.13. The van der Waals surface area contributed by atoms with E-state index in [0.717, 1.165) is 17.4 Å². The van der Waals surface area contributed by atoms with E-state index in [9.17, 15) is 0 Å². The van der Waals surface area contributed by atoms with Gasteiger partial charge in [-0.25, -0.2) is 9.97 Å². The van der Waals surface area contributed by atoms with Crippen molar-refractivity contribution in [3.63, 3.8) is 0 Å². The molecule has 0 amide bonds. The highest BCUT2D eigenvalue weighted by atomic mass is 14.9. The molecule has 0 bridgehead atoms. The summed E-state index contributed by atoms with van der Waals surface area (Å²) in [5, 5.41) is 0. The Bertz CT molecular complexity index is 772. The van der Waals surface area contributed by atoms with E-state index in [1.54, 1.807) is 0 Å². The monoisotopic (exact) mass is 434 g/mol. The van der Waals surface area contributed by atoms with Gasteiger partial charge in [-0.1, -0.05) is 95.9 Å². The Hall–Kier alpha value is -1.70. The maximum atomic E-state index is 4.97. The lowest BCUT2D eigenvalue weighted by atomic mass is 9.79.